The highest BCUT2D eigenvalue weighted by atomic mass is 32.2. The Morgan fingerprint density at radius 2 is 2.20 bits per heavy atom. The standard InChI is InChI=1S/C8H15NS/c1-2-8(1)10-6-7-3-4-9-5-7/h7-9H,1-6H2. The minimum Gasteiger partial charge on any atom is -0.316 e. The Bertz CT molecular complexity index is 106. The lowest BCUT2D eigenvalue weighted by Gasteiger charge is -2.05. The average molecular weight is 157 g/mol. The molecule has 1 nitrogen and oxygen atoms in total. The summed E-state index contributed by atoms with van der Waals surface area (Å²) in [5.41, 5.74) is 0. The molecule has 1 aliphatic heterocycles. The molecule has 0 aromatic carbocycles. The summed E-state index contributed by atoms with van der Waals surface area (Å²) < 4.78 is 0. The average Bonchev–Trinajstić information content (AvgIpc) is 2.63. The van der Waals surface area contributed by atoms with Crippen molar-refractivity contribution in [2.24, 2.45) is 5.92 Å². The van der Waals surface area contributed by atoms with E-state index < -0.39 is 0 Å². The van der Waals surface area contributed by atoms with Crippen LogP contribution in [0.2, 0.25) is 0 Å². The van der Waals surface area contributed by atoms with Crippen LogP contribution < -0.4 is 5.32 Å². The molecule has 1 atom stereocenters. The van der Waals surface area contributed by atoms with Gasteiger partial charge < -0.3 is 5.32 Å². The maximum Gasteiger partial charge on any atom is 0.00479 e. The van der Waals surface area contributed by atoms with Gasteiger partial charge in [-0.2, -0.15) is 11.8 Å². The minimum atomic E-state index is 0.991. The Kier molecular flexibility index (Phi) is 2.19. The zero-order valence-corrected chi connectivity index (χ0v) is 7.12. The van der Waals surface area contributed by atoms with Crippen molar-refractivity contribution in [3.05, 3.63) is 0 Å². The van der Waals surface area contributed by atoms with Gasteiger partial charge in [0.05, 0.1) is 0 Å². The first kappa shape index (κ1) is 6.99. The number of hydrogen-bond acceptors (Lipinski definition) is 2. The van der Waals surface area contributed by atoms with Crippen molar-refractivity contribution in [1.29, 1.82) is 0 Å². The molecule has 2 fully saturated rings. The van der Waals surface area contributed by atoms with Crippen LogP contribution in [0.1, 0.15) is 19.3 Å². The molecule has 0 aromatic rings. The van der Waals surface area contributed by atoms with Crippen molar-refractivity contribution in [1.82, 2.24) is 5.32 Å². The molecule has 1 saturated carbocycles. The van der Waals surface area contributed by atoms with Crippen LogP contribution in [0.15, 0.2) is 0 Å². The Hall–Kier alpha value is 0.310. The van der Waals surface area contributed by atoms with Crippen molar-refractivity contribution in [3.63, 3.8) is 0 Å². The summed E-state index contributed by atoms with van der Waals surface area (Å²) >= 11 is 2.20. The summed E-state index contributed by atoms with van der Waals surface area (Å²) in [5.74, 6) is 2.41. The first-order valence-corrected chi connectivity index (χ1v) is 5.32. The Morgan fingerprint density at radius 3 is 2.80 bits per heavy atom. The van der Waals surface area contributed by atoms with Gasteiger partial charge in [0.25, 0.3) is 0 Å². The van der Waals surface area contributed by atoms with Crippen LogP contribution in [0.3, 0.4) is 0 Å². The van der Waals surface area contributed by atoms with Gasteiger partial charge in [-0.25, -0.2) is 0 Å². The lowest BCUT2D eigenvalue weighted by molar-refractivity contribution is 0.662. The minimum absolute atomic E-state index is 0.991. The summed E-state index contributed by atoms with van der Waals surface area (Å²) in [4.78, 5) is 0. The fourth-order valence-corrected chi connectivity index (χ4v) is 2.66. The molecular formula is C8H15NS. The summed E-state index contributed by atoms with van der Waals surface area (Å²) in [5, 5.41) is 4.46. The highest BCUT2D eigenvalue weighted by Gasteiger charge is 2.24. The quantitative estimate of drug-likeness (QED) is 0.666. The molecule has 58 valence electrons. The SMILES string of the molecule is C1CC(CSC2CC2)CN1. The molecule has 1 saturated heterocycles. The van der Waals surface area contributed by atoms with Gasteiger partial charge >= 0.3 is 0 Å². The summed E-state index contributed by atoms with van der Waals surface area (Å²) in [6.07, 6.45) is 4.40. The first-order valence-electron chi connectivity index (χ1n) is 4.27. The topological polar surface area (TPSA) is 12.0 Å². The lowest BCUT2D eigenvalue weighted by Crippen LogP contribution is -2.10. The van der Waals surface area contributed by atoms with Gasteiger partial charge in [0.2, 0.25) is 0 Å². The monoisotopic (exact) mass is 157 g/mol. The van der Waals surface area contributed by atoms with E-state index in [1.165, 1.54) is 38.1 Å². The first-order chi connectivity index (χ1) is 4.95. The second-order valence-electron chi connectivity index (χ2n) is 3.39. The lowest BCUT2D eigenvalue weighted by atomic mass is 10.2. The zero-order valence-electron chi connectivity index (χ0n) is 6.31. The van der Waals surface area contributed by atoms with Gasteiger partial charge in [0.15, 0.2) is 0 Å². The molecule has 2 rings (SSSR count). The third kappa shape index (κ3) is 1.89. The fourth-order valence-electron chi connectivity index (χ4n) is 1.36. The van der Waals surface area contributed by atoms with Crippen molar-refractivity contribution < 1.29 is 0 Å². The van der Waals surface area contributed by atoms with Crippen LogP contribution in [0.5, 0.6) is 0 Å². The maximum atomic E-state index is 3.40. The van der Waals surface area contributed by atoms with Crippen molar-refractivity contribution in [3.8, 4) is 0 Å². The second-order valence-corrected chi connectivity index (χ2v) is 4.72. The van der Waals surface area contributed by atoms with Crippen molar-refractivity contribution in [2.45, 2.75) is 24.5 Å². The number of rotatable bonds is 3. The van der Waals surface area contributed by atoms with E-state index in [-0.39, 0.29) is 0 Å². The number of hydrogen-bond donors (Lipinski definition) is 1. The summed E-state index contributed by atoms with van der Waals surface area (Å²) in [6, 6.07) is 0. The Labute approximate surface area is 67.0 Å². The summed E-state index contributed by atoms with van der Waals surface area (Å²) in [6.45, 7) is 2.54. The van der Waals surface area contributed by atoms with Gasteiger partial charge in [0.1, 0.15) is 0 Å². The molecule has 0 aromatic heterocycles. The van der Waals surface area contributed by atoms with Crippen LogP contribution in [0.25, 0.3) is 0 Å². The molecule has 1 aliphatic carbocycles. The molecule has 0 amide bonds. The molecule has 0 bridgehead atoms. The van der Waals surface area contributed by atoms with Crippen molar-refractivity contribution in [2.75, 3.05) is 18.8 Å². The second kappa shape index (κ2) is 3.14. The van der Waals surface area contributed by atoms with Gasteiger partial charge in [0, 0.05) is 5.25 Å². The van der Waals surface area contributed by atoms with E-state index in [0.717, 1.165) is 11.2 Å². The van der Waals surface area contributed by atoms with Gasteiger partial charge in [-0.1, -0.05) is 0 Å². The molecule has 1 N–H and O–H groups in total. The third-order valence-corrected chi connectivity index (χ3v) is 3.86. The Balaban J connectivity index is 1.59. The summed E-state index contributed by atoms with van der Waals surface area (Å²) in [7, 11) is 0. The van der Waals surface area contributed by atoms with Crippen LogP contribution in [0, 0.1) is 5.92 Å². The zero-order chi connectivity index (χ0) is 6.81. The van der Waals surface area contributed by atoms with E-state index in [1.54, 1.807) is 0 Å². The molecule has 1 unspecified atom stereocenters. The largest absolute Gasteiger partial charge is 0.316 e. The van der Waals surface area contributed by atoms with Crippen LogP contribution >= 0.6 is 11.8 Å². The van der Waals surface area contributed by atoms with E-state index in [9.17, 15) is 0 Å². The van der Waals surface area contributed by atoms with Gasteiger partial charge in [-0.15, -0.1) is 0 Å². The van der Waals surface area contributed by atoms with Gasteiger partial charge in [-0.3, -0.25) is 0 Å². The highest BCUT2D eigenvalue weighted by molar-refractivity contribution is 8.00. The molecule has 0 radical (unpaired) electrons. The number of nitrogens with one attached hydrogen (secondary N) is 1. The van der Waals surface area contributed by atoms with Gasteiger partial charge in [-0.05, 0) is 44.0 Å². The predicted octanol–water partition coefficient (Wildman–Crippen LogP) is 1.49. The van der Waals surface area contributed by atoms with E-state index in [4.69, 9.17) is 0 Å². The van der Waals surface area contributed by atoms with E-state index in [1.807, 2.05) is 0 Å². The molecule has 2 heteroatoms. The molecule has 10 heavy (non-hydrogen) atoms. The van der Waals surface area contributed by atoms with E-state index in [0.29, 0.717) is 0 Å². The predicted molar refractivity (Wildman–Crippen MR) is 46.5 cm³/mol. The highest BCUT2D eigenvalue weighted by Crippen LogP contribution is 2.35. The Morgan fingerprint density at radius 1 is 1.30 bits per heavy atom. The number of thioether (sulfide) groups is 1. The fraction of sp³-hybridized carbons (Fsp3) is 1.00. The van der Waals surface area contributed by atoms with Crippen LogP contribution in [-0.2, 0) is 0 Å². The van der Waals surface area contributed by atoms with Crippen molar-refractivity contribution >= 4 is 11.8 Å². The van der Waals surface area contributed by atoms with Crippen LogP contribution in [-0.4, -0.2) is 24.1 Å². The van der Waals surface area contributed by atoms with Crippen LogP contribution in [0.4, 0.5) is 0 Å². The normalized spacial score (nSPS) is 33.0. The molecule has 0 spiro atoms. The van der Waals surface area contributed by atoms with E-state index in [2.05, 4.69) is 17.1 Å². The molecule has 1 heterocycles. The molecular weight excluding hydrogens is 142 g/mol. The maximum absolute atomic E-state index is 3.40. The van der Waals surface area contributed by atoms with E-state index >= 15 is 0 Å². The molecule has 2 aliphatic rings. The third-order valence-electron chi connectivity index (χ3n) is 2.25. The smallest absolute Gasteiger partial charge is 0.00479 e.